The molecule has 0 aromatic heterocycles. The first-order valence-corrected chi connectivity index (χ1v) is 6.74. The molecule has 0 heterocycles. The summed E-state index contributed by atoms with van der Waals surface area (Å²) < 4.78 is 5.48. The Morgan fingerprint density at radius 2 is 1.62 bits per heavy atom. The highest BCUT2D eigenvalue weighted by Gasteiger charge is 2.17. The smallest absolute Gasteiger partial charge is 0.330 e. The van der Waals surface area contributed by atoms with Crippen molar-refractivity contribution < 1.29 is 9.53 Å². The summed E-state index contributed by atoms with van der Waals surface area (Å²) >= 11 is 0. The molecule has 0 spiro atoms. The van der Waals surface area contributed by atoms with Gasteiger partial charge in [-0.3, -0.25) is 0 Å². The fraction of sp³-hybridized carbons (Fsp3) is 0.786. The van der Waals surface area contributed by atoms with Gasteiger partial charge in [-0.2, -0.15) is 0 Å². The molecule has 90 valence electrons. The zero-order valence-electron chi connectivity index (χ0n) is 10.0. The topological polar surface area (TPSA) is 26.3 Å². The van der Waals surface area contributed by atoms with Gasteiger partial charge in [0.2, 0.25) is 0 Å². The number of hydrogen-bond acceptors (Lipinski definition) is 2. The lowest BCUT2D eigenvalue weighted by molar-refractivity contribution is -0.144. The van der Waals surface area contributed by atoms with Crippen LogP contribution in [0.2, 0.25) is 0 Å². The Labute approximate surface area is 98.1 Å². The maximum Gasteiger partial charge on any atom is 0.330 e. The molecule has 0 bridgehead atoms. The van der Waals surface area contributed by atoms with E-state index in [9.17, 15) is 4.79 Å². The summed E-state index contributed by atoms with van der Waals surface area (Å²) in [6.45, 7) is 0. The molecule has 0 radical (unpaired) electrons. The van der Waals surface area contributed by atoms with Gasteiger partial charge in [0.15, 0.2) is 0 Å². The first-order valence-electron chi connectivity index (χ1n) is 6.74. The van der Waals surface area contributed by atoms with Crippen LogP contribution in [0.25, 0.3) is 0 Å². The molecule has 16 heavy (non-hydrogen) atoms. The van der Waals surface area contributed by atoms with Crippen molar-refractivity contribution in [3.63, 3.8) is 0 Å². The second-order valence-electron chi connectivity index (χ2n) is 5.06. The number of hydrogen-bond donors (Lipinski definition) is 0. The molecule has 0 aromatic rings. The molecule has 2 saturated carbocycles. The summed E-state index contributed by atoms with van der Waals surface area (Å²) in [5.41, 5.74) is 1.30. The van der Waals surface area contributed by atoms with Gasteiger partial charge in [0.25, 0.3) is 0 Å². The standard InChI is InChI=1S/C14H22O2/c15-14(11-12-7-3-1-4-8-12)16-13-9-5-2-6-10-13/h11,13H,1-10H2. The Hall–Kier alpha value is -0.790. The summed E-state index contributed by atoms with van der Waals surface area (Å²) in [6, 6.07) is 0. The Morgan fingerprint density at radius 3 is 2.31 bits per heavy atom. The molecule has 0 aromatic carbocycles. The van der Waals surface area contributed by atoms with Gasteiger partial charge in [0.05, 0.1) is 0 Å². The van der Waals surface area contributed by atoms with Gasteiger partial charge in [-0.15, -0.1) is 0 Å². The van der Waals surface area contributed by atoms with Gasteiger partial charge in [-0.1, -0.05) is 18.4 Å². The normalized spacial score (nSPS) is 22.9. The van der Waals surface area contributed by atoms with Crippen LogP contribution in [0, 0.1) is 0 Å². The second kappa shape index (κ2) is 6.07. The van der Waals surface area contributed by atoms with E-state index < -0.39 is 0 Å². The molecule has 2 aliphatic rings. The Bertz CT molecular complexity index is 254. The second-order valence-corrected chi connectivity index (χ2v) is 5.06. The van der Waals surface area contributed by atoms with Crippen molar-refractivity contribution in [2.75, 3.05) is 0 Å². The molecule has 0 atom stereocenters. The van der Waals surface area contributed by atoms with Crippen LogP contribution in [0.4, 0.5) is 0 Å². The zero-order chi connectivity index (χ0) is 11.2. The third-order valence-corrected chi connectivity index (χ3v) is 3.65. The fourth-order valence-corrected chi connectivity index (χ4v) is 2.70. The average molecular weight is 222 g/mol. The number of carbonyl (C=O) groups excluding carboxylic acids is 1. The summed E-state index contributed by atoms with van der Waals surface area (Å²) in [5, 5.41) is 0. The molecule has 0 unspecified atom stereocenters. The number of allylic oxidation sites excluding steroid dienone is 1. The summed E-state index contributed by atoms with van der Waals surface area (Å²) in [5.74, 6) is -0.0937. The third-order valence-electron chi connectivity index (χ3n) is 3.65. The van der Waals surface area contributed by atoms with Crippen LogP contribution in [0.3, 0.4) is 0 Å². The first-order chi connectivity index (χ1) is 7.84. The largest absolute Gasteiger partial charge is 0.459 e. The van der Waals surface area contributed by atoms with Crippen molar-refractivity contribution in [2.45, 2.75) is 70.3 Å². The maximum absolute atomic E-state index is 11.7. The van der Waals surface area contributed by atoms with E-state index in [1.807, 2.05) is 0 Å². The van der Waals surface area contributed by atoms with Crippen molar-refractivity contribution >= 4 is 5.97 Å². The molecule has 2 aliphatic carbocycles. The predicted molar refractivity (Wildman–Crippen MR) is 64.1 cm³/mol. The number of ether oxygens (including phenoxy) is 1. The monoisotopic (exact) mass is 222 g/mol. The van der Waals surface area contributed by atoms with E-state index in [0.29, 0.717) is 0 Å². The average Bonchev–Trinajstić information content (AvgIpc) is 2.31. The minimum atomic E-state index is -0.0937. The molecule has 2 heteroatoms. The molecule has 0 N–H and O–H groups in total. The predicted octanol–water partition coefficient (Wildman–Crippen LogP) is 3.75. The van der Waals surface area contributed by atoms with Gasteiger partial charge in [-0.25, -0.2) is 4.79 Å². The fourth-order valence-electron chi connectivity index (χ4n) is 2.70. The lowest BCUT2D eigenvalue weighted by Crippen LogP contribution is -2.20. The van der Waals surface area contributed by atoms with Crippen LogP contribution in [0.1, 0.15) is 64.2 Å². The van der Waals surface area contributed by atoms with E-state index >= 15 is 0 Å². The minimum absolute atomic E-state index is 0.0937. The molecular formula is C14H22O2. The van der Waals surface area contributed by atoms with Crippen molar-refractivity contribution in [3.8, 4) is 0 Å². The van der Waals surface area contributed by atoms with Gasteiger partial charge in [0.1, 0.15) is 6.10 Å². The van der Waals surface area contributed by atoms with Crippen LogP contribution < -0.4 is 0 Å². The molecular weight excluding hydrogens is 200 g/mol. The number of carbonyl (C=O) groups is 1. The zero-order valence-corrected chi connectivity index (χ0v) is 10.0. The highest BCUT2D eigenvalue weighted by molar-refractivity contribution is 5.83. The molecule has 0 saturated heterocycles. The van der Waals surface area contributed by atoms with E-state index in [-0.39, 0.29) is 12.1 Å². The van der Waals surface area contributed by atoms with E-state index in [1.165, 1.54) is 44.1 Å². The van der Waals surface area contributed by atoms with Crippen LogP contribution in [0.15, 0.2) is 11.6 Å². The molecule has 0 amide bonds. The molecule has 2 nitrogen and oxygen atoms in total. The highest BCUT2D eigenvalue weighted by Crippen LogP contribution is 2.24. The van der Waals surface area contributed by atoms with E-state index in [2.05, 4.69) is 0 Å². The Morgan fingerprint density at radius 1 is 1.00 bits per heavy atom. The van der Waals surface area contributed by atoms with E-state index in [0.717, 1.165) is 25.7 Å². The van der Waals surface area contributed by atoms with Gasteiger partial charge < -0.3 is 4.74 Å². The Kier molecular flexibility index (Phi) is 4.44. The molecule has 0 aliphatic heterocycles. The van der Waals surface area contributed by atoms with Crippen LogP contribution in [0.5, 0.6) is 0 Å². The molecule has 2 fully saturated rings. The van der Waals surface area contributed by atoms with Gasteiger partial charge in [-0.05, 0) is 51.4 Å². The van der Waals surface area contributed by atoms with E-state index in [1.54, 1.807) is 6.08 Å². The van der Waals surface area contributed by atoms with Crippen molar-refractivity contribution in [1.82, 2.24) is 0 Å². The third kappa shape index (κ3) is 3.66. The number of rotatable bonds is 2. The van der Waals surface area contributed by atoms with Crippen molar-refractivity contribution in [2.24, 2.45) is 0 Å². The SMILES string of the molecule is O=C(C=C1CCCCC1)OC1CCCCC1. The minimum Gasteiger partial charge on any atom is -0.459 e. The lowest BCUT2D eigenvalue weighted by Gasteiger charge is -2.21. The van der Waals surface area contributed by atoms with Crippen molar-refractivity contribution in [3.05, 3.63) is 11.6 Å². The summed E-state index contributed by atoms with van der Waals surface area (Å²) in [6.07, 6.45) is 13.8. The summed E-state index contributed by atoms with van der Waals surface area (Å²) in [7, 11) is 0. The van der Waals surface area contributed by atoms with Crippen LogP contribution in [-0.2, 0) is 9.53 Å². The quantitative estimate of drug-likeness (QED) is 0.525. The van der Waals surface area contributed by atoms with Crippen LogP contribution >= 0.6 is 0 Å². The lowest BCUT2D eigenvalue weighted by atomic mass is 9.94. The van der Waals surface area contributed by atoms with E-state index in [4.69, 9.17) is 4.74 Å². The highest BCUT2D eigenvalue weighted by atomic mass is 16.5. The van der Waals surface area contributed by atoms with Crippen molar-refractivity contribution in [1.29, 1.82) is 0 Å². The van der Waals surface area contributed by atoms with Crippen LogP contribution in [-0.4, -0.2) is 12.1 Å². The van der Waals surface area contributed by atoms with Gasteiger partial charge >= 0.3 is 5.97 Å². The number of esters is 1. The van der Waals surface area contributed by atoms with Gasteiger partial charge in [0, 0.05) is 6.08 Å². The summed E-state index contributed by atoms with van der Waals surface area (Å²) in [4.78, 5) is 11.7. The Balaban J connectivity index is 1.78. The first kappa shape index (κ1) is 11.7. The maximum atomic E-state index is 11.7. The molecule has 2 rings (SSSR count).